The van der Waals surface area contributed by atoms with Crippen molar-refractivity contribution in [1.29, 1.82) is 0 Å². The molecule has 3 N–H and O–H groups in total. The second-order valence-corrected chi connectivity index (χ2v) is 2.83. The minimum Gasteiger partial charge on any atom is -0.308 e. The molecule has 0 aliphatic carbocycles. The molecule has 0 aromatic heterocycles. The Morgan fingerprint density at radius 1 is 1.60 bits per heavy atom. The number of hydrogen-bond acceptors (Lipinski definition) is 2. The van der Waals surface area contributed by atoms with Crippen molar-refractivity contribution in [2.45, 2.75) is 6.92 Å². The van der Waals surface area contributed by atoms with Crippen LogP contribution in [-0.4, -0.2) is 15.7 Å². The molecule has 0 bridgehead atoms. The van der Waals surface area contributed by atoms with Crippen LogP contribution in [0.3, 0.4) is 0 Å². The molecule has 0 aromatic carbocycles. The Bertz CT molecular complexity index is 193. The lowest BCUT2D eigenvalue weighted by atomic mass is 10.5. The van der Waals surface area contributed by atoms with Crippen molar-refractivity contribution in [3.63, 3.8) is 0 Å². The summed E-state index contributed by atoms with van der Waals surface area (Å²) in [5.74, 6) is -0.796. The summed E-state index contributed by atoms with van der Waals surface area (Å²) in [4.78, 5) is 26.7. The van der Waals surface area contributed by atoms with Gasteiger partial charge in [0.2, 0.25) is 0 Å². The summed E-state index contributed by atoms with van der Waals surface area (Å²) in [6.07, 6.45) is 2.41. The van der Waals surface area contributed by atoms with E-state index in [1.807, 2.05) is 0 Å². The largest absolute Gasteiger partial charge is 0.429 e. The predicted octanol–water partition coefficient (Wildman–Crippen LogP) is -0.229. The van der Waals surface area contributed by atoms with E-state index in [1.54, 1.807) is 6.92 Å². The van der Waals surface area contributed by atoms with Gasteiger partial charge in [0.05, 0.1) is 0 Å². The molecular formula is C4H8NO4P. The number of carbonyl (C=O) groups is 1. The van der Waals surface area contributed by atoms with Gasteiger partial charge in [0.1, 0.15) is 0 Å². The van der Waals surface area contributed by atoms with Gasteiger partial charge < -0.3 is 9.79 Å². The highest BCUT2D eigenvalue weighted by Gasteiger charge is 2.13. The SMILES string of the molecule is CC=CC(=O)NP(=O)(O)O. The number of amides is 1. The van der Waals surface area contributed by atoms with Crippen LogP contribution in [0.4, 0.5) is 0 Å². The van der Waals surface area contributed by atoms with Crippen molar-refractivity contribution < 1.29 is 19.1 Å². The van der Waals surface area contributed by atoms with Crippen LogP contribution in [0.1, 0.15) is 6.92 Å². The zero-order valence-electron chi connectivity index (χ0n) is 5.31. The van der Waals surface area contributed by atoms with Crippen LogP contribution in [0.2, 0.25) is 0 Å². The molecule has 58 valence electrons. The summed E-state index contributed by atoms with van der Waals surface area (Å²) in [7, 11) is -4.40. The monoisotopic (exact) mass is 165 g/mol. The zero-order valence-corrected chi connectivity index (χ0v) is 6.21. The molecule has 0 spiro atoms. The molecule has 0 rings (SSSR count). The van der Waals surface area contributed by atoms with Crippen molar-refractivity contribution in [2.24, 2.45) is 0 Å². The Balaban J connectivity index is 3.93. The maximum Gasteiger partial charge on any atom is 0.429 e. The lowest BCUT2D eigenvalue weighted by Gasteiger charge is -2.01. The van der Waals surface area contributed by atoms with E-state index < -0.39 is 13.7 Å². The van der Waals surface area contributed by atoms with Gasteiger partial charge in [-0.1, -0.05) is 6.08 Å². The second-order valence-electron chi connectivity index (χ2n) is 1.52. The molecule has 0 aliphatic rings. The first-order valence-electron chi connectivity index (χ1n) is 2.46. The van der Waals surface area contributed by atoms with E-state index >= 15 is 0 Å². The molecule has 0 aromatic rings. The first kappa shape index (κ1) is 9.36. The lowest BCUT2D eigenvalue weighted by Crippen LogP contribution is -2.16. The fourth-order valence-corrected chi connectivity index (χ4v) is 0.694. The molecule has 0 radical (unpaired) electrons. The molecule has 0 saturated carbocycles. The summed E-state index contributed by atoms with van der Waals surface area (Å²) in [5.41, 5.74) is 0. The van der Waals surface area contributed by atoms with Gasteiger partial charge in [-0.05, 0) is 13.0 Å². The average Bonchev–Trinajstić information content (AvgIpc) is 1.59. The van der Waals surface area contributed by atoms with Gasteiger partial charge in [-0.15, -0.1) is 0 Å². The van der Waals surface area contributed by atoms with E-state index in [2.05, 4.69) is 0 Å². The quantitative estimate of drug-likeness (QED) is 0.389. The van der Waals surface area contributed by atoms with Crippen LogP contribution < -0.4 is 5.09 Å². The third-order valence-electron chi connectivity index (χ3n) is 0.574. The average molecular weight is 165 g/mol. The van der Waals surface area contributed by atoms with E-state index in [1.165, 1.54) is 11.2 Å². The molecule has 0 saturated heterocycles. The van der Waals surface area contributed by atoms with Crippen LogP contribution in [0, 0.1) is 0 Å². The maximum atomic E-state index is 10.4. The fraction of sp³-hybridized carbons (Fsp3) is 0.250. The highest BCUT2D eigenvalue weighted by Crippen LogP contribution is 2.27. The van der Waals surface area contributed by atoms with Gasteiger partial charge in [0, 0.05) is 0 Å². The van der Waals surface area contributed by atoms with Gasteiger partial charge in [-0.25, -0.2) is 4.57 Å². The molecule has 10 heavy (non-hydrogen) atoms. The normalized spacial score (nSPS) is 11.9. The summed E-state index contributed by atoms with van der Waals surface area (Å²) in [6, 6.07) is 0. The number of hydrogen-bond donors (Lipinski definition) is 3. The molecule has 1 amide bonds. The number of rotatable bonds is 2. The van der Waals surface area contributed by atoms with Gasteiger partial charge in [-0.3, -0.25) is 9.88 Å². The van der Waals surface area contributed by atoms with Gasteiger partial charge in [-0.2, -0.15) is 0 Å². The number of carbonyl (C=O) groups excluding carboxylic acids is 1. The molecule has 6 heteroatoms. The summed E-state index contributed by atoms with van der Waals surface area (Å²) in [5, 5.41) is 1.46. The summed E-state index contributed by atoms with van der Waals surface area (Å²) in [6.45, 7) is 1.57. The van der Waals surface area contributed by atoms with Crippen LogP contribution in [0.25, 0.3) is 0 Å². The smallest absolute Gasteiger partial charge is 0.308 e. The molecule has 0 atom stereocenters. The van der Waals surface area contributed by atoms with Gasteiger partial charge >= 0.3 is 7.75 Å². The third-order valence-corrected chi connectivity index (χ3v) is 1.09. The van der Waals surface area contributed by atoms with Crippen LogP contribution in [0.15, 0.2) is 12.2 Å². The van der Waals surface area contributed by atoms with Crippen LogP contribution in [-0.2, 0) is 9.36 Å². The zero-order chi connectivity index (χ0) is 8.20. The maximum absolute atomic E-state index is 10.4. The minimum atomic E-state index is -4.40. The van der Waals surface area contributed by atoms with Crippen molar-refractivity contribution in [1.82, 2.24) is 5.09 Å². The lowest BCUT2D eigenvalue weighted by molar-refractivity contribution is -0.115. The first-order chi connectivity index (χ1) is 4.45. The highest BCUT2D eigenvalue weighted by atomic mass is 31.2. The Labute approximate surface area is 58.0 Å². The van der Waals surface area contributed by atoms with E-state index in [0.717, 1.165) is 6.08 Å². The molecule has 0 fully saturated rings. The van der Waals surface area contributed by atoms with Gasteiger partial charge in [0.15, 0.2) is 0 Å². The summed E-state index contributed by atoms with van der Waals surface area (Å²) < 4.78 is 10.0. The van der Waals surface area contributed by atoms with Crippen molar-refractivity contribution in [2.75, 3.05) is 0 Å². The molecule has 0 unspecified atom stereocenters. The number of nitrogens with one attached hydrogen (secondary N) is 1. The van der Waals surface area contributed by atoms with Crippen molar-refractivity contribution in [3.05, 3.63) is 12.2 Å². The van der Waals surface area contributed by atoms with E-state index in [4.69, 9.17) is 9.79 Å². The van der Waals surface area contributed by atoms with Gasteiger partial charge in [0.25, 0.3) is 5.91 Å². The van der Waals surface area contributed by atoms with Crippen LogP contribution >= 0.6 is 7.75 Å². The third kappa shape index (κ3) is 5.50. The Morgan fingerprint density at radius 2 is 2.10 bits per heavy atom. The standard InChI is InChI=1S/C4H8NO4P/c1-2-3-4(6)5-10(7,8)9/h2-3H,1H3,(H3,5,6,7,8,9). The first-order valence-corrected chi connectivity index (χ1v) is 4.07. The topological polar surface area (TPSA) is 86.6 Å². The fourth-order valence-electron chi connectivity index (χ4n) is 0.332. The Kier molecular flexibility index (Phi) is 3.28. The van der Waals surface area contributed by atoms with Crippen molar-refractivity contribution >= 4 is 13.7 Å². The molecule has 0 heterocycles. The van der Waals surface area contributed by atoms with Crippen molar-refractivity contribution in [3.8, 4) is 0 Å². The number of allylic oxidation sites excluding steroid dienone is 1. The second kappa shape index (κ2) is 3.51. The van der Waals surface area contributed by atoms with E-state index in [-0.39, 0.29) is 0 Å². The predicted molar refractivity (Wildman–Crippen MR) is 35.0 cm³/mol. The molecular weight excluding hydrogens is 157 g/mol. The molecule has 5 nitrogen and oxygen atoms in total. The minimum absolute atomic E-state index is 0.796. The highest BCUT2D eigenvalue weighted by molar-refractivity contribution is 7.50. The summed E-state index contributed by atoms with van der Waals surface area (Å²) >= 11 is 0. The van der Waals surface area contributed by atoms with Crippen LogP contribution in [0.5, 0.6) is 0 Å². The van der Waals surface area contributed by atoms with E-state index in [9.17, 15) is 9.36 Å². The molecule has 0 aliphatic heterocycles. The Morgan fingerprint density at radius 3 is 2.40 bits per heavy atom. The van der Waals surface area contributed by atoms with E-state index in [0.29, 0.717) is 0 Å². The Hall–Kier alpha value is -0.640.